The van der Waals surface area contributed by atoms with Gasteiger partial charge in [-0.3, -0.25) is 10.1 Å². The summed E-state index contributed by atoms with van der Waals surface area (Å²) in [7, 11) is -3.78. The number of likely N-dealkylation sites (tertiary alicyclic amines) is 1. The molecule has 0 aromatic heterocycles. The van der Waals surface area contributed by atoms with Crippen LogP contribution in [0.15, 0.2) is 23.1 Å². The van der Waals surface area contributed by atoms with Crippen molar-refractivity contribution >= 4 is 27.4 Å². The Morgan fingerprint density at radius 2 is 1.66 bits per heavy atom. The molecule has 176 valence electrons. The minimum absolute atomic E-state index is 0.0360. The second-order valence-electron chi connectivity index (χ2n) is 8.97. The van der Waals surface area contributed by atoms with Gasteiger partial charge in [-0.25, -0.2) is 13.2 Å². The molecule has 10 nitrogen and oxygen atoms in total. The zero-order chi connectivity index (χ0) is 22.9. The zero-order valence-electron chi connectivity index (χ0n) is 18.5. The summed E-state index contributed by atoms with van der Waals surface area (Å²) in [5.74, 6) is 0.271. The van der Waals surface area contributed by atoms with Gasteiger partial charge in [0.05, 0.1) is 9.82 Å². The van der Waals surface area contributed by atoms with E-state index in [1.54, 1.807) is 4.90 Å². The molecule has 3 heterocycles. The van der Waals surface area contributed by atoms with Crippen LogP contribution < -0.4 is 4.90 Å². The Kier molecular flexibility index (Phi) is 6.57. The van der Waals surface area contributed by atoms with E-state index >= 15 is 0 Å². The van der Waals surface area contributed by atoms with Crippen molar-refractivity contribution in [2.45, 2.75) is 37.5 Å². The first-order valence-electron chi connectivity index (χ1n) is 11.3. The Morgan fingerprint density at radius 1 is 1.00 bits per heavy atom. The molecule has 0 N–H and O–H groups in total. The third-order valence-corrected chi connectivity index (χ3v) is 8.53. The van der Waals surface area contributed by atoms with Crippen LogP contribution in [0.5, 0.6) is 0 Å². The van der Waals surface area contributed by atoms with Crippen molar-refractivity contribution in [1.29, 1.82) is 0 Å². The number of anilines is 1. The van der Waals surface area contributed by atoms with Crippen molar-refractivity contribution in [2.75, 3.05) is 57.3 Å². The van der Waals surface area contributed by atoms with Crippen molar-refractivity contribution < 1.29 is 18.1 Å². The number of piperidine rings is 1. The van der Waals surface area contributed by atoms with Gasteiger partial charge in [-0.2, -0.15) is 4.31 Å². The van der Waals surface area contributed by atoms with Crippen LogP contribution in [0.1, 0.15) is 32.6 Å². The normalized spacial score (nSPS) is 22.9. The van der Waals surface area contributed by atoms with Crippen molar-refractivity contribution in [3.8, 4) is 0 Å². The van der Waals surface area contributed by atoms with E-state index in [0.29, 0.717) is 45.0 Å². The van der Waals surface area contributed by atoms with E-state index in [0.717, 1.165) is 38.8 Å². The highest BCUT2D eigenvalue weighted by Gasteiger charge is 2.33. The average Bonchev–Trinajstić information content (AvgIpc) is 3.33. The van der Waals surface area contributed by atoms with Gasteiger partial charge in [-0.1, -0.05) is 6.92 Å². The molecule has 0 aliphatic carbocycles. The van der Waals surface area contributed by atoms with Crippen LogP contribution in [0.2, 0.25) is 0 Å². The highest BCUT2D eigenvalue weighted by Crippen LogP contribution is 2.33. The third kappa shape index (κ3) is 4.54. The van der Waals surface area contributed by atoms with Crippen LogP contribution in [-0.2, 0) is 10.0 Å². The largest absolute Gasteiger partial charge is 0.362 e. The molecular weight excluding hydrogens is 434 g/mol. The summed E-state index contributed by atoms with van der Waals surface area (Å²) >= 11 is 0. The van der Waals surface area contributed by atoms with E-state index in [2.05, 4.69) is 0 Å². The lowest BCUT2D eigenvalue weighted by atomic mass is 10.0. The Bertz CT molecular complexity index is 971. The fraction of sp³-hybridized carbons (Fsp3) is 0.667. The molecule has 3 fully saturated rings. The number of nitro groups is 1. The molecule has 0 spiro atoms. The highest BCUT2D eigenvalue weighted by molar-refractivity contribution is 7.89. The summed E-state index contributed by atoms with van der Waals surface area (Å²) in [4.78, 5) is 29.4. The smallest absolute Gasteiger partial charge is 0.320 e. The maximum Gasteiger partial charge on any atom is 0.320 e. The number of benzene rings is 1. The second-order valence-corrected chi connectivity index (χ2v) is 10.9. The number of nitro benzene ring substituents is 1. The number of urea groups is 1. The van der Waals surface area contributed by atoms with Gasteiger partial charge in [-0.15, -0.1) is 0 Å². The summed E-state index contributed by atoms with van der Waals surface area (Å²) in [6.07, 6.45) is 3.84. The fourth-order valence-electron chi connectivity index (χ4n) is 4.84. The SMILES string of the molecule is CC1CCCN(S(=O)(=O)c2ccc(N3CCN(C(=O)N4CCCC4)CC3)c([N+](=O)[O-])c2)C1. The van der Waals surface area contributed by atoms with Crippen LogP contribution in [-0.4, -0.2) is 85.8 Å². The van der Waals surface area contributed by atoms with Crippen molar-refractivity contribution in [1.82, 2.24) is 14.1 Å². The van der Waals surface area contributed by atoms with E-state index in [4.69, 9.17) is 0 Å². The molecule has 1 aromatic carbocycles. The van der Waals surface area contributed by atoms with E-state index in [9.17, 15) is 23.3 Å². The molecule has 4 rings (SSSR count). The van der Waals surface area contributed by atoms with E-state index < -0.39 is 14.9 Å². The van der Waals surface area contributed by atoms with E-state index in [1.807, 2.05) is 16.7 Å². The summed E-state index contributed by atoms with van der Waals surface area (Å²) in [6, 6.07) is 4.23. The monoisotopic (exact) mass is 465 g/mol. The number of nitrogens with zero attached hydrogens (tertiary/aromatic N) is 5. The summed E-state index contributed by atoms with van der Waals surface area (Å²) in [5, 5.41) is 11.8. The van der Waals surface area contributed by atoms with Crippen LogP contribution in [0.4, 0.5) is 16.2 Å². The minimum Gasteiger partial charge on any atom is -0.362 e. The van der Waals surface area contributed by atoms with Gasteiger partial charge in [0.1, 0.15) is 5.69 Å². The molecule has 3 aliphatic heterocycles. The molecule has 3 saturated heterocycles. The third-order valence-electron chi connectivity index (χ3n) is 6.67. The molecule has 0 saturated carbocycles. The molecule has 1 atom stereocenters. The Hall–Kier alpha value is -2.40. The quantitative estimate of drug-likeness (QED) is 0.499. The number of carbonyl (C=O) groups is 1. The maximum atomic E-state index is 13.1. The van der Waals surface area contributed by atoms with Crippen LogP contribution in [0.3, 0.4) is 0 Å². The Labute approximate surface area is 189 Å². The van der Waals surface area contributed by atoms with Gasteiger partial charge in [0, 0.05) is 58.4 Å². The number of hydrogen-bond acceptors (Lipinski definition) is 6. The molecule has 11 heteroatoms. The van der Waals surface area contributed by atoms with E-state index in [-0.39, 0.29) is 22.5 Å². The average molecular weight is 466 g/mol. The molecule has 3 aliphatic rings. The number of sulfonamides is 1. The highest BCUT2D eigenvalue weighted by atomic mass is 32.2. The molecule has 1 aromatic rings. The summed E-state index contributed by atoms with van der Waals surface area (Å²) in [6.45, 7) is 6.37. The van der Waals surface area contributed by atoms with E-state index in [1.165, 1.54) is 22.5 Å². The number of amides is 2. The molecule has 0 bridgehead atoms. The minimum atomic E-state index is -3.78. The first-order valence-corrected chi connectivity index (χ1v) is 12.8. The van der Waals surface area contributed by atoms with Crippen LogP contribution >= 0.6 is 0 Å². The van der Waals surface area contributed by atoms with Gasteiger partial charge < -0.3 is 14.7 Å². The fourth-order valence-corrected chi connectivity index (χ4v) is 6.46. The first kappa shape index (κ1) is 22.8. The molecule has 32 heavy (non-hydrogen) atoms. The summed E-state index contributed by atoms with van der Waals surface area (Å²) in [5.41, 5.74) is 0.185. The van der Waals surface area contributed by atoms with Crippen molar-refractivity contribution in [3.63, 3.8) is 0 Å². The lowest BCUT2D eigenvalue weighted by Gasteiger charge is -2.37. The number of hydrogen-bond donors (Lipinski definition) is 0. The summed E-state index contributed by atoms with van der Waals surface area (Å²) < 4.78 is 27.6. The lowest BCUT2D eigenvalue weighted by molar-refractivity contribution is -0.384. The number of carbonyl (C=O) groups excluding carboxylic acids is 1. The van der Waals surface area contributed by atoms with Gasteiger partial charge in [0.2, 0.25) is 10.0 Å². The van der Waals surface area contributed by atoms with Gasteiger partial charge in [0.25, 0.3) is 5.69 Å². The maximum absolute atomic E-state index is 13.1. The Morgan fingerprint density at radius 3 is 2.28 bits per heavy atom. The predicted octanol–water partition coefficient (Wildman–Crippen LogP) is 2.35. The van der Waals surface area contributed by atoms with Crippen molar-refractivity contribution in [2.24, 2.45) is 5.92 Å². The van der Waals surface area contributed by atoms with Gasteiger partial charge in [-0.05, 0) is 43.7 Å². The number of rotatable bonds is 4. The van der Waals surface area contributed by atoms with Crippen LogP contribution in [0, 0.1) is 16.0 Å². The zero-order valence-corrected chi connectivity index (χ0v) is 19.3. The lowest BCUT2D eigenvalue weighted by Crippen LogP contribution is -2.52. The standard InChI is InChI=1S/C21H31N5O5S/c1-17-5-4-10-25(16-17)32(30,31)18-6-7-19(20(15-18)26(28)29)22-11-13-24(14-12-22)21(27)23-8-2-3-9-23/h6-7,15,17H,2-5,8-14,16H2,1H3. The molecular formula is C21H31N5O5S. The number of piperazine rings is 1. The first-order chi connectivity index (χ1) is 15.3. The topological polar surface area (TPSA) is 107 Å². The van der Waals surface area contributed by atoms with Gasteiger partial charge >= 0.3 is 6.03 Å². The van der Waals surface area contributed by atoms with Crippen molar-refractivity contribution in [3.05, 3.63) is 28.3 Å². The molecule has 2 amide bonds. The molecule has 0 radical (unpaired) electrons. The van der Waals surface area contributed by atoms with Crippen LogP contribution in [0.25, 0.3) is 0 Å². The predicted molar refractivity (Wildman–Crippen MR) is 120 cm³/mol. The van der Waals surface area contributed by atoms with Gasteiger partial charge in [0.15, 0.2) is 0 Å². The second kappa shape index (κ2) is 9.22. The molecule has 1 unspecified atom stereocenters. The Balaban J connectivity index is 1.50.